The third kappa shape index (κ3) is 5.71. The molecule has 0 heterocycles. The standard InChI is InChI=1S/C26H33BrN2/c1-2-29(20-22-10-5-3-6-11-22)19-9-18-26(21-28,23-12-7-4-8-13-23)24-14-16-25(27)17-15-24/h3,5-6,10-11,14-17,23H,2,4,7-9,12-13,18-20H2,1H3. The quantitative estimate of drug-likeness (QED) is 0.405. The van der Waals surface area contributed by atoms with E-state index in [1.54, 1.807) is 0 Å². The molecule has 0 radical (unpaired) electrons. The van der Waals surface area contributed by atoms with Gasteiger partial charge >= 0.3 is 0 Å². The molecule has 154 valence electrons. The van der Waals surface area contributed by atoms with E-state index in [-0.39, 0.29) is 5.41 Å². The number of nitriles is 1. The van der Waals surface area contributed by atoms with Gasteiger partial charge in [0.05, 0.1) is 11.5 Å². The average molecular weight is 453 g/mol. The van der Waals surface area contributed by atoms with Gasteiger partial charge < -0.3 is 0 Å². The molecule has 2 aromatic carbocycles. The summed E-state index contributed by atoms with van der Waals surface area (Å²) in [5.41, 5.74) is 2.22. The summed E-state index contributed by atoms with van der Waals surface area (Å²) < 4.78 is 1.08. The fraction of sp³-hybridized carbons (Fsp3) is 0.500. The van der Waals surface area contributed by atoms with E-state index in [4.69, 9.17) is 0 Å². The summed E-state index contributed by atoms with van der Waals surface area (Å²) in [6.45, 7) is 5.29. The van der Waals surface area contributed by atoms with Crippen LogP contribution in [0.3, 0.4) is 0 Å². The van der Waals surface area contributed by atoms with Crippen molar-refractivity contribution < 1.29 is 0 Å². The summed E-state index contributed by atoms with van der Waals surface area (Å²) in [7, 11) is 0. The molecular weight excluding hydrogens is 420 g/mol. The first-order valence-corrected chi connectivity index (χ1v) is 11.9. The summed E-state index contributed by atoms with van der Waals surface area (Å²) in [6.07, 6.45) is 8.22. The van der Waals surface area contributed by atoms with Crippen LogP contribution in [0.25, 0.3) is 0 Å². The first kappa shape index (κ1) is 22.1. The van der Waals surface area contributed by atoms with Crippen LogP contribution in [0.2, 0.25) is 0 Å². The van der Waals surface area contributed by atoms with Crippen molar-refractivity contribution in [3.63, 3.8) is 0 Å². The molecule has 0 aliphatic heterocycles. The lowest BCUT2D eigenvalue weighted by Gasteiger charge is -2.38. The van der Waals surface area contributed by atoms with Crippen molar-refractivity contribution in [2.24, 2.45) is 5.92 Å². The molecule has 0 aromatic heterocycles. The number of halogens is 1. The van der Waals surface area contributed by atoms with Gasteiger partial charge in [-0.2, -0.15) is 5.26 Å². The maximum Gasteiger partial charge on any atom is 0.0850 e. The van der Waals surface area contributed by atoms with Crippen molar-refractivity contribution in [1.29, 1.82) is 5.26 Å². The number of hydrogen-bond acceptors (Lipinski definition) is 2. The second kappa shape index (κ2) is 11.0. The summed E-state index contributed by atoms with van der Waals surface area (Å²) in [5, 5.41) is 10.4. The normalized spacial score (nSPS) is 17.0. The van der Waals surface area contributed by atoms with E-state index in [9.17, 15) is 5.26 Å². The molecule has 0 amide bonds. The minimum absolute atomic E-state index is 0.354. The van der Waals surface area contributed by atoms with Crippen LogP contribution < -0.4 is 0 Å². The Bertz CT molecular complexity index is 775. The minimum atomic E-state index is -0.354. The van der Waals surface area contributed by atoms with Crippen molar-refractivity contribution >= 4 is 15.9 Å². The van der Waals surface area contributed by atoms with Gasteiger partial charge in [0.2, 0.25) is 0 Å². The van der Waals surface area contributed by atoms with E-state index in [1.165, 1.54) is 43.2 Å². The smallest absolute Gasteiger partial charge is 0.0850 e. The van der Waals surface area contributed by atoms with Crippen molar-refractivity contribution in [3.8, 4) is 6.07 Å². The van der Waals surface area contributed by atoms with E-state index >= 15 is 0 Å². The Morgan fingerprint density at radius 2 is 1.72 bits per heavy atom. The molecule has 1 atom stereocenters. The molecular formula is C26H33BrN2. The minimum Gasteiger partial charge on any atom is -0.299 e. The lowest BCUT2D eigenvalue weighted by Crippen LogP contribution is -2.36. The van der Waals surface area contributed by atoms with Gasteiger partial charge in [-0.15, -0.1) is 0 Å². The molecule has 0 spiro atoms. The van der Waals surface area contributed by atoms with Gasteiger partial charge in [-0.3, -0.25) is 4.90 Å². The van der Waals surface area contributed by atoms with Gasteiger partial charge in [0.1, 0.15) is 0 Å². The Morgan fingerprint density at radius 3 is 2.34 bits per heavy atom. The number of nitrogens with zero attached hydrogens (tertiary/aromatic N) is 2. The van der Waals surface area contributed by atoms with Crippen molar-refractivity contribution in [3.05, 3.63) is 70.2 Å². The van der Waals surface area contributed by atoms with Crippen molar-refractivity contribution in [2.45, 2.75) is 63.8 Å². The van der Waals surface area contributed by atoms with Crippen LogP contribution in [-0.2, 0) is 12.0 Å². The van der Waals surface area contributed by atoms with Gasteiger partial charge in [0.25, 0.3) is 0 Å². The van der Waals surface area contributed by atoms with Crippen LogP contribution >= 0.6 is 15.9 Å². The zero-order valence-corrected chi connectivity index (χ0v) is 19.2. The second-order valence-electron chi connectivity index (χ2n) is 8.38. The van der Waals surface area contributed by atoms with E-state index in [0.717, 1.165) is 36.9 Å². The van der Waals surface area contributed by atoms with Gasteiger partial charge in [-0.05, 0) is 68.0 Å². The highest BCUT2D eigenvalue weighted by atomic mass is 79.9. The third-order valence-electron chi connectivity index (χ3n) is 6.60. The number of benzene rings is 2. The lowest BCUT2D eigenvalue weighted by molar-refractivity contribution is 0.215. The molecule has 1 fully saturated rings. The molecule has 1 unspecified atom stereocenters. The molecule has 3 rings (SSSR count). The fourth-order valence-electron chi connectivity index (χ4n) is 4.91. The summed E-state index contributed by atoms with van der Waals surface area (Å²) in [6, 6.07) is 22.1. The monoisotopic (exact) mass is 452 g/mol. The Kier molecular flexibility index (Phi) is 8.33. The maximum absolute atomic E-state index is 10.4. The highest BCUT2D eigenvalue weighted by Gasteiger charge is 2.40. The maximum atomic E-state index is 10.4. The molecule has 2 aromatic rings. The average Bonchev–Trinajstić information content (AvgIpc) is 2.78. The van der Waals surface area contributed by atoms with Crippen molar-refractivity contribution in [2.75, 3.05) is 13.1 Å². The SMILES string of the molecule is CCN(CCCC(C#N)(c1ccc(Br)cc1)C1CCCCC1)Cc1ccccc1. The lowest BCUT2D eigenvalue weighted by atomic mass is 9.63. The predicted molar refractivity (Wildman–Crippen MR) is 125 cm³/mol. The molecule has 1 aliphatic carbocycles. The van der Waals surface area contributed by atoms with Gasteiger partial charge in [0.15, 0.2) is 0 Å². The molecule has 29 heavy (non-hydrogen) atoms. The van der Waals surface area contributed by atoms with Gasteiger partial charge in [-0.25, -0.2) is 0 Å². The van der Waals surface area contributed by atoms with Crippen LogP contribution in [-0.4, -0.2) is 18.0 Å². The Hall–Kier alpha value is -1.63. The van der Waals surface area contributed by atoms with E-state index < -0.39 is 0 Å². The molecule has 0 N–H and O–H groups in total. The van der Waals surface area contributed by atoms with Crippen LogP contribution in [0, 0.1) is 17.2 Å². The zero-order chi connectivity index (χ0) is 20.5. The largest absolute Gasteiger partial charge is 0.299 e. The molecule has 0 saturated heterocycles. The molecule has 0 bridgehead atoms. The molecule has 3 heteroatoms. The number of rotatable bonds is 9. The molecule has 1 saturated carbocycles. The van der Waals surface area contributed by atoms with E-state index in [2.05, 4.69) is 88.4 Å². The third-order valence-corrected chi connectivity index (χ3v) is 7.13. The summed E-state index contributed by atoms with van der Waals surface area (Å²) >= 11 is 3.55. The highest BCUT2D eigenvalue weighted by molar-refractivity contribution is 9.10. The van der Waals surface area contributed by atoms with Crippen LogP contribution in [0.15, 0.2) is 59.1 Å². The van der Waals surface area contributed by atoms with Crippen LogP contribution in [0.4, 0.5) is 0 Å². The van der Waals surface area contributed by atoms with Crippen molar-refractivity contribution in [1.82, 2.24) is 4.90 Å². The van der Waals surface area contributed by atoms with Gasteiger partial charge in [-0.1, -0.05) is 84.6 Å². The Morgan fingerprint density at radius 1 is 1.03 bits per heavy atom. The van der Waals surface area contributed by atoms with Crippen LogP contribution in [0.1, 0.15) is 63.0 Å². The molecule has 1 aliphatic rings. The molecule has 2 nitrogen and oxygen atoms in total. The van der Waals surface area contributed by atoms with Crippen LogP contribution in [0.5, 0.6) is 0 Å². The Balaban J connectivity index is 1.72. The highest BCUT2D eigenvalue weighted by Crippen LogP contribution is 2.44. The first-order chi connectivity index (χ1) is 14.2. The fourth-order valence-corrected chi connectivity index (χ4v) is 5.18. The van der Waals surface area contributed by atoms with E-state index in [1.807, 2.05) is 0 Å². The summed E-state index contributed by atoms with van der Waals surface area (Å²) in [4.78, 5) is 2.50. The van der Waals surface area contributed by atoms with E-state index in [0.29, 0.717) is 5.92 Å². The summed E-state index contributed by atoms with van der Waals surface area (Å²) in [5.74, 6) is 0.478. The predicted octanol–water partition coefficient (Wildman–Crippen LogP) is 7.09. The Labute approximate surface area is 185 Å². The zero-order valence-electron chi connectivity index (χ0n) is 17.6. The second-order valence-corrected chi connectivity index (χ2v) is 9.30. The van der Waals surface area contributed by atoms with Gasteiger partial charge in [0, 0.05) is 11.0 Å². The topological polar surface area (TPSA) is 27.0 Å². The first-order valence-electron chi connectivity index (χ1n) is 11.1. The number of hydrogen-bond donors (Lipinski definition) is 0.